The Kier molecular flexibility index (Phi) is 9.21. The van der Waals surface area contributed by atoms with Crippen LogP contribution >= 0.6 is 0 Å². The maximum absolute atomic E-state index is 13.2. The predicted octanol–water partition coefficient (Wildman–Crippen LogP) is -1.45. The Bertz CT molecular complexity index is 1510. The zero-order chi connectivity index (χ0) is 32.6. The van der Waals surface area contributed by atoms with Crippen molar-refractivity contribution in [2.24, 2.45) is 0 Å². The summed E-state index contributed by atoms with van der Waals surface area (Å²) in [5, 5.41) is 46.3. The summed E-state index contributed by atoms with van der Waals surface area (Å²) in [6.45, 7) is 6.56. The minimum Gasteiger partial charge on any atom is -0.481 e. The lowest BCUT2D eigenvalue weighted by Gasteiger charge is -2.22. The molecule has 16 heteroatoms. The van der Waals surface area contributed by atoms with Crippen LogP contribution in [0.5, 0.6) is 0 Å². The fraction of sp³-hybridized carbons (Fsp3) is 0.393. The third-order valence-electron chi connectivity index (χ3n) is 7.62. The highest BCUT2D eigenvalue weighted by Crippen LogP contribution is 2.31. The molecule has 0 saturated carbocycles. The van der Waals surface area contributed by atoms with Crippen molar-refractivity contribution < 1.29 is 53.5 Å². The highest BCUT2D eigenvalue weighted by molar-refractivity contribution is 6.62. The summed E-state index contributed by atoms with van der Waals surface area (Å²) in [5.41, 5.74) is 0.751. The fourth-order valence-corrected chi connectivity index (χ4v) is 5.27. The smallest absolute Gasteiger partial charge is 0.481 e. The number of carbonyl (C=O) groups is 5. The average molecular weight is 609 g/mol. The Morgan fingerprint density at radius 2 is 1.27 bits per heavy atom. The molecule has 2 heterocycles. The number of hydrogen-bond acceptors (Lipinski definition) is 9. The van der Waals surface area contributed by atoms with E-state index in [1.807, 2.05) is 0 Å². The van der Waals surface area contributed by atoms with Crippen LogP contribution in [0.4, 0.5) is 0 Å². The van der Waals surface area contributed by atoms with Gasteiger partial charge in [-0.3, -0.25) is 19.2 Å². The zero-order valence-electron chi connectivity index (χ0n) is 24.5. The van der Waals surface area contributed by atoms with Gasteiger partial charge in [0.05, 0.1) is 11.2 Å². The minimum atomic E-state index is -1.58. The molecule has 0 spiro atoms. The van der Waals surface area contributed by atoms with Crippen LogP contribution in [0, 0.1) is 0 Å². The van der Waals surface area contributed by atoms with Crippen LogP contribution in [0.3, 0.4) is 0 Å². The molecule has 232 valence electrons. The number of benzene rings is 2. The van der Waals surface area contributed by atoms with Crippen LogP contribution in [-0.2, 0) is 34.9 Å². The molecule has 2 aliphatic heterocycles. The van der Waals surface area contributed by atoms with Gasteiger partial charge in [-0.1, -0.05) is 12.1 Å². The second-order valence-corrected chi connectivity index (χ2v) is 11.6. The molecule has 0 radical (unpaired) electrons. The number of hydrogen-bond donors (Lipinski definition) is 7. The van der Waals surface area contributed by atoms with Crippen LogP contribution < -0.4 is 26.9 Å². The minimum absolute atomic E-state index is 0.0594. The number of aliphatic carboxylic acids is 2. The largest absolute Gasteiger partial charge is 0.492 e. The number of carbonyl (C=O) groups excluding carboxylic acids is 3. The Morgan fingerprint density at radius 3 is 1.75 bits per heavy atom. The van der Waals surface area contributed by atoms with Gasteiger partial charge in [0.15, 0.2) is 0 Å². The van der Waals surface area contributed by atoms with E-state index in [9.17, 15) is 39.1 Å². The first-order valence-electron chi connectivity index (χ1n) is 13.8. The van der Waals surface area contributed by atoms with E-state index >= 15 is 0 Å². The second-order valence-electron chi connectivity index (χ2n) is 11.6. The molecular weight excluding hydrogens is 576 g/mol. The van der Waals surface area contributed by atoms with Gasteiger partial charge in [0.2, 0.25) is 5.91 Å². The number of nitrogens with one attached hydrogen (secondary N) is 3. The number of rotatable bonds is 11. The van der Waals surface area contributed by atoms with E-state index in [0.717, 1.165) is 0 Å². The molecule has 44 heavy (non-hydrogen) atoms. The third kappa shape index (κ3) is 6.94. The summed E-state index contributed by atoms with van der Waals surface area (Å²) in [4.78, 5) is 62.2. The highest BCUT2D eigenvalue weighted by Gasteiger charge is 2.42. The maximum Gasteiger partial charge on any atom is 0.492 e. The van der Waals surface area contributed by atoms with Gasteiger partial charge in [0.25, 0.3) is 11.8 Å². The zero-order valence-corrected chi connectivity index (χ0v) is 24.5. The molecule has 2 aliphatic rings. The molecule has 0 aromatic heterocycles. The molecule has 4 rings (SSSR count). The summed E-state index contributed by atoms with van der Waals surface area (Å²) in [5.74, 6) is -5.15. The topological polar surface area (TPSA) is 221 Å². The lowest BCUT2D eigenvalue weighted by molar-refractivity contribution is -0.143. The molecule has 14 nitrogen and oxygen atoms in total. The molecular formula is C28H33B2N3O11. The quantitative estimate of drug-likeness (QED) is 0.146. The molecule has 0 bridgehead atoms. The van der Waals surface area contributed by atoms with Crippen molar-refractivity contribution in [3.05, 3.63) is 58.7 Å². The van der Waals surface area contributed by atoms with Crippen LogP contribution in [0.2, 0.25) is 0 Å². The first-order valence-corrected chi connectivity index (χ1v) is 13.8. The molecule has 0 fully saturated rings. The van der Waals surface area contributed by atoms with Crippen molar-refractivity contribution in [2.45, 2.75) is 63.8 Å². The number of carboxylic acid groups (broad SMARTS) is 2. The van der Waals surface area contributed by atoms with Crippen molar-refractivity contribution >= 4 is 54.8 Å². The summed E-state index contributed by atoms with van der Waals surface area (Å²) < 4.78 is 11.0. The average Bonchev–Trinajstić information content (AvgIpc) is 3.32. The van der Waals surface area contributed by atoms with Crippen molar-refractivity contribution in [3.63, 3.8) is 0 Å². The van der Waals surface area contributed by atoms with Gasteiger partial charge >= 0.3 is 26.2 Å². The molecule has 2 aromatic carbocycles. The Labute approximate surface area is 253 Å². The summed E-state index contributed by atoms with van der Waals surface area (Å²) in [6.07, 6.45) is -0.955. The SMILES string of the molecule is CC1(C)OB(O)c2cc(C(=O)NC[C@H](NC(=O)c3ccc4c(c3)B(O)OC4(C)C)C(=O)N[C@@H](CCC(=O)O)C(=O)O)ccc21. The van der Waals surface area contributed by atoms with E-state index in [1.54, 1.807) is 39.8 Å². The Hall–Kier alpha value is -4.24. The van der Waals surface area contributed by atoms with Crippen molar-refractivity contribution in [1.82, 2.24) is 16.0 Å². The van der Waals surface area contributed by atoms with E-state index in [1.165, 1.54) is 24.3 Å². The lowest BCUT2D eigenvalue weighted by atomic mass is 9.77. The van der Waals surface area contributed by atoms with Gasteiger partial charge < -0.3 is 45.5 Å². The van der Waals surface area contributed by atoms with E-state index in [4.69, 9.17) is 14.4 Å². The first-order chi connectivity index (χ1) is 20.5. The fourth-order valence-electron chi connectivity index (χ4n) is 5.27. The van der Waals surface area contributed by atoms with E-state index < -0.39 is 86.6 Å². The predicted molar refractivity (Wildman–Crippen MR) is 156 cm³/mol. The van der Waals surface area contributed by atoms with E-state index in [2.05, 4.69) is 16.0 Å². The van der Waals surface area contributed by atoms with Crippen LogP contribution in [-0.4, -0.2) is 82.8 Å². The molecule has 2 atom stereocenters. The first kappa shape index (κ1) is 32.7. The molecule has 3 amide bonds. The highest BCUT2D eigenvalue weighted by atomic mass is 16.5. The third-order valence-corrected chi connectivity index (χ3v) is 7.62. The standard InChI is InChI=1S/C28H33B2N3O11/c1-27(2)16-7-5-14(11-18(16)29(41)43-27)23(36)31-13-21(25(38)32-20(26(39)40)9-10-22(34)35)33-24(37)15-6-8-17-19(12-15)30(42)44-28(17,3)4/h5-8,11-12,20-21,41-42H,9-10,13H2,1-4H3,(H,31,36)(H,32,38)(H,33,37)(H,34,35)(H,39,40)/t20-,21-/m0/s1. The van der Waals surface area contributed by atoms with Gasteiger partial charge in [-0.25, -0.2) is 4.79 Å². The molecule has 0 saturated heterocycles. The summed E-state index contributed by atoms with van der Waals surface area (Å²) >= 11 is 0. The van der Waals surface area contributed by atoms with Crippen molar-refractivity contribution in [3.8, 4) is 0 Å². The number of carboxylic acids is 2. The van der Waals surface area contributed by atoms with Crippen LogP contribution in [0.15, 0.2) is 36.4 Å². The Morgan fingerprint density at radius 1 is 0.773 bits per heavy atom. The number of amides is 3. The normalized spacial score (nSPS) is 17.2. The van der Waals surface area contributed by atoms with Crippen molar-refractivity contribution in [1.29, 1.82) is 0 Å². The van der Waals surface area contributed by atoms with E-state index in [-0.39, 0.29) is 11.1 Å². The number of fused-ring (bicyclic) bond motifs is 2. The van der Waals surface area contributed by atoms with Crippen LogP contribution in [0.1, 0.15) is 72.4 Å². The van der Waals surface area contributed by atoms with E-state index in [0.29, 0.717) is 22.1 Å². The maximum atomic E-state index is 13.2. The van der Waals surface area contributed by atoms with Gasteiger partial charge in [-0.15, -0.1) is 0 Å². The van der Waals surface area contributed by atoms with Gasteiger partial charge in [0.1, 0.15) is 12.1 Å². The summed E-state index contributed by atoms with van der Waals surface area (Å²) in [7, 11) is -2.52. The molecule has 0 unspecified atom stereocenters. The monoisotopic (exact) mass is 609 g/mol. The van der Waals surface area contributed by atoms with Crippen molar-refractivity contribution in [2.75, 3.05) is 6.54 Å². The van der Waals surface area contributed by atoms with Crippen LogP contribution in [0.25, 0.3) is 0 Å². The molecule has 7 N–H and O–H groups in total. The van der Waals surface area contributed by atoms with Gasteiger partial charge in [0, 0.05) is 24.1 Å². The lowest BCUT2D eigenvalue weighted by Crippen LogP contribution is -2.55. The second kappa shape index (κ2) is 12.4. The van der Waals surface area contributed by atoms with Gasteiger partial charge in [-0.2, -0.15) is 0 Å². The van der Waals surface area contributed by atoms with Gasteiger partial charge in [-0.05, 0) is 80.4 Å². The molecule has 2 aromatic rings. The molecule has 0 aliphatic carbocycles. The summed E-state index contributed by atoms with van der Waals surface area (Å²) in [6, 6.07) is 6.01. The Balaban J connectivity index is 1.54.